The van der Waals surface area contributed by atoms with E-state index in [0.29, 0.717) is 16.8 Å². The van der Waals surface area contributed by atoms with Gasteiger partial charge in [-0.3, -0.25) is 4.79 Å². The summed E-state index contributed by atoms with van der Waals surface area (Å²) in [5, 5.41) is 11.2. The topological polar surface area (TPSA) is 62.1 Å². The molecule has 2 aromatic rings. The molecule has 0 spiro atoms. The molecule has 2 rings (SSSR count). The highest BCUT2D eigenvalue weighted by atomic mass is 19.1. The van der Waals surface area contributed by atoms with Gasteiger partial charge in [-0.1, -0.05) is 0 Å². The third kappa shape index (κ3) is 2.93. The summed E-state index contributed by atoms with van der Waals surface area (Å²) in [5.74, 6) is -0.814. The second-order valence-electron chi connectivity index (χ2n) is 3.99. The molecule has 1 N–H and O–H groups in total. The second kappa shape index (κ2) is 5.85. The van der Waals surface area contributed by atoms with Crippen molar-refractivity contribution in [2.45, 2.75) is 0 Å². The first-order valence-corrected chi connectivity index (χ1v) is 5.79. The van der Waals surface area contributed by atoms with Crippen LogP contribution < -0.4 is 10.1 Å². The number of nitrogens with one attached hydrogen (secondary N) is 1. The number of hydrogen-bond acceptors (Lipinski definition) is 3. The summed E-state index contributed by atoms with van der Waals surface area (Å²) in [7, 11) is 1.37. The number of nitriles is 1. The molecule has 0 unspecified atom stereocenters. The number of amides is 1. The molecule has 2 aromatic carbocycles. The zero-order valence-electron chi connectivity index (χ0n) is 10.7. The van der Waals surface area contributed by atoms with Crippen LogP contribution in [0.4, 0.5) is 10.1 Å². The lowest BCUT2D eigenvalue weighted by atomic mass is 10.1. The standard InChI is InChI=1S/C15H11FN2O2/c1-20-14-7-6-12(8-13(14)16)18-15(19)11-4-2-10(9-17)3-5-11/h2-8H,1H3,(H,18,19). The Kier molecular flexibility index (Phi) is 3.96. The third-order valence-corrected chi connectivity index (χ3v) is 2.69. The molecule has 5 heteroatoms. The van der Waals surface area contributed by atoms with Crippen molar-refractivity contribution in [3.63, 3.8) is 0 Å². The van der Waals surface area contributed by atoms with Crippen LogP contribution in [0.3, 0.4) is 0 Å². The van der Waals surface area contributed by atoms with Crippen LogP contribution >= 0.6 is 0 Å². The Balaban J connectivity index is 2.14. The maximum Gasteiger partial charge on any atom is 0.255 e. The fourth-order valence-corrected chi connectivity index (χ4v) is 1.64. The molecule has 0 heterocycles. The summed E-state index contributed by atoms with van der Waals surface area (Å²) in [6, 6.07) is 12.3. The van der Waals surface area contributed by atoms with E-state index in [9.17, 15) is 9.18 Å². The van der Waals surface area contributed by atoms with E-state index in [0.717, 1.165) is 0 Å². The summed E-state index contributed by atoms with van der Waals surface area (Å²) >= 11 is 0. The summed E-state index contributed by atoms with van der Waals surface area (Å²) in [4.78, 5) is 11.9. The van der Waals surface area contributed by atoms with Gasteiger partial charge in [0.05, 0.1) is 18.7 Å². The number of carbonyl (C=O) groups is 1. The number of carbonyl (C=O) groups excluding carboxylic acids is 1. The first kappa shape index (κ1) is 13.6. The van der Waals surface area contributed by atoms with Crippen LogP contribution in [0.25, 0.3) is 0 Å². The summed E-state index contributed by atoms with van der Waals surface area (Å²) in [5.41, 5.74) is 1.19. The minimum atomic E-state index is -0.551. The second-order valence-corrected chi connectivity index (χ2v) is 3.99. The van der Waals surface area contributed by atoms with Crippen LogP contribution in [0.1, 0.15) is 15.9 Å². The number of ether oxygens (including phenoxy) is 1. The van der Waals surface area contributed by atoms with Gasteiger partial charge in [0.15, 0.2) is 11.6 Å². The number of anilines is 1. The molecular formula is C15H11FN2O2. The molecule has 0 bridgehead atoms. The normalized spacial score (nSPS) is 9.65. The first-order chi connectivity index (χ1) is 9.63. The van der Waals surface area contributed by atoms with Crippen molar-refractivity contribution in [2.24, 2.45) is 0 Å². The molecule has 4 nitrogen and oxygen atoms in total. The van der Waals surface area contributed by atoms with Crippen LogP contribution in [0, 0.1) is 17.1 Å². The minimum absolute atomic E-state index is 0.112. The number of methoxy groups -OCH3 is 1. The van der Waals surface area contributed by atoms with E-state index in [1.165, 1.54) is 31.4 Å². The van der Waals surface area contributed by atoms with Crippen LogP contribution in [-0.4, -0.2) is 13.0 Å². The number of benzene rings is 2. The van der Waals surface area contributed by atoms with Crippen molar-refractivity contribution >= 4 is 11.6 Å². The number of nitrogens with zero attached hydrogens (tertiary/aromatic N) is 1. The SMILES string of the molecule is COc1ccc(NC(=O)c2ccc(C#N)cc2)cc1F. The van der Waals surface area contributed by atoms with Gasteiger partial charge < -0.3 is 10.1 Å². The molecule has 0 fully saturated rings. The predicted octanol–water partition coefficient (Wildman–Crippen LogP) is 2.96. The number of rotatable bonds is 3. The molecule has 1 amide bonds. The van der Waals surface area contributed by atoms with Crippen molar-refractivity contribution in [1.29, 1.82) is 5.26 Å². The predicted molar refractivity (Wildman–Crippen MR) is 72.1 cm³/mol. The van der Waals surface area contributed by atoms with E-state index in [-0.39, 0.29) is 11.7 Å². The minimum Gasteiger partial charge on any atom is -0.494 e. The zero-order chi connectivity index (χ0) is 14.5. The van der Waals surface area contributed by atoms with Gasteiger partial charge >= 0.3 is 0 Å². The van der Waals surface area contributed by atoms with Gasteiger partial charge in [0.1, 0.15) is 0 Å². The van der Waals surface area contributed by atoms with Gasteiger partial charge in [-0.25, -0.2) is 4.39 Å². The Morgan fingerprint density at radius 3 is 2.50 bits per heavy atom. The number of halogens is 1. The maximum atomic E-state index is 13.5. The average Bonchev–Trinajstić information content (AvgIpc) is 2.47. The highest BCUT2D eigenvalue weighted by Crippen LogP contribution is 2.21. The molecular weight excluding hydrogens is 259 g/mol. The summed E-state index contributed by atoms with van der Waals surface area (Å²) < 4.78 is 18.3. The quantitative estimate of drug-likeness (QED) is 0.932. The van der Waals surface area contributed by atoms with Gasteiger partial charge in [0.2, 0.25) is 0 Å². The molecule has 100 valence electrons. The van der Waals surface area contributed by atoms with Crippen molar-refractivity contribution in [1.82, 2.24) is 0 Å². The zero-order valence-corrected chi connectivity index (χ0v) is 10.7. The summed E-state index contributed by atoms with van der Waals surface area (Å²) in [6.07, 6.45) is 0. The van der Waals surface area contributed by atoms with Crippen LogP contribution in [0.15, 0.2) is 42.5 Å². The van der Waals surface area contributed by atoms with E-state index in [4.69, 9.17) is 10.00 Å². The van der Waals surface area contributed by atoms with Gasteiger partial charge in [0, 0.05) is 17.3 Å². The van der Waals surface area contributed by atoms with Crippen LogP contribution in [0.5, 0.6) is 5.75 Å². The largest absolute Gasteiger partial charge is 0.494 e. The molecule has 0 aliphatic carbocycles. The van der Waals surface area contributed by atoms with Crippen LogP contribution in [-0.2, 0) is 0 Å². The van der Waals surface area contributed by atoms with Gasteiger partial charge in [0.25, 0.3) is 5.91 Å². The lowest BCUT2D eigenvalue weighted by molar-refractivity contribution is 0.102. The molecule has 0 atom stereocenters. The monoisotopic (exact) mass is 270 g/mol. The average molecular weight is 270 g/mol. The molecule has 0 radical (unpaired) electrons. The Hall–Kier alpha value is -2.87. The first-order valence-electron chi connectivity index (χ1n) is 5.79. The van der Waals surface area contributed by atoms with Gasteiger partial charge in [-0.15, -0.1) is 0 Å². The van der Waals surface area contributed by atoms with E-state index < -0.39 is 5.82 Å². The molecule has 20 heavy (non-hydrogen) atoms. The van der Waals surface area contributed by atoms with Crippen molar-refractivity contribution < 1.29 is 13.9 Å². The van der Waals surface area contributed by atoms with Crippen molar-refractivity contribution in [3.8, 4) is 11.8 Å². The van der Waals surface area contributed by atoms with Crippen molar-refractivity contribution in [3.05, 3.63) is 59.4 Å². The third-order valence-electron chi connectivity index (χ3n) is 2.69. The fraction of sp³-hybridized carbons (Fsp3) is 0.0667. The van der Waals surface area contributed by atoms with Gasteiger partial charge in [-0.05, 0) is 36.4 Å². The van der Waals surface area contributed by atoms with E-state index >= 15 is 0 Å². The maximum absolute atomic E-state index is 13.5. The van der Waals surface area contributed by atoms with E-state index in [1.54, 1.807) is 18.2 Å². The van der Waals surface area contributed by atoms with Gasteiger partial charge in [-0.2, -0.15) is 5.26 Å². The lowest BCUT2D eigenvalue weighted by Crippen LogP contribution is -2.12. The smallest absolute Gasteiger partial charge is 0.255 e. The molecule has 0 saturated carbocycles. The molecule has 0 aliphatic heterocycles. The Labute approximate surface area is 115 Å². The number of hydrogen-bond donors (Lipinski definition) is 1. The molecule has 0 aliphatic rings. The Bertz CT molecular complexity index is 675. The summed E-state index contributed by atoms with van der Waals surface area (Å²) in [6.45, 7) is 0. The Morgan fingerprint density at radius 1 is 1.25 bits per heavy atom. The van der Waals surface area contributed by atoms with E-state index in [1.807, 2.05) is 6.07 Å². The van der Waals surface area contributed by atoms with Crippen LogP contribution in [0.2, 0.25) is 0 Å². The molecule has 0 saturated heterocycles. The lowest BCUT2D eigenvalue weighted by Gasteiger charge is -2.07. The highest BCUT2D eigenvalue weighted by molar-refractivity contribution is 6.04. The van der Waals surface area contributed by atoms with E-state index in [2.05, 4.69) is 5.32 Å². The fourth-order valence-electron chi connectivity index (χ4n) is 1.64. The molecule has 0 aromatic heterocycles. The van der Waals surface area contributed by atoms with Crippen molar-refractivity contribution in [2.75, 3.05) is 12.4 Å². The highest BCUT2D eigenvalue weighted by Gasteiger charge is 2.08. The Morgan fingerprint density at radius 2 is 1.95 bits per heavy atom.